The van der Waals surface area contributed by atoms with Crippen LogP contribution >= 0.6 is 0 Å². The highest BCUT2D eigenvalue weighted by Crippen LogP contribution is 2.39. The topological polar surface area (TPSA) is 111 Å². The lowest BCUT2D eigenvalue weighted by Gasteiger charge is -2.24. The van der Waals surface area contributed by atoms with Crippen LogP contribution in [0.2, 0.25) is 0 Å². The van der Waals surface area contributed by atoms with Gasteiger partial charge < -0.3 is 21.4 Å². The predicted octanol–water partition coefficient (Wildman–Crippen LogP) is 3.69. The van der Waals surface area contributed by atoms with Gasteiger partial charge in [-0.3, -0.25) is 15.3 Å². The normalized spacial score (nSPS) is 21.7. The third kappa shape index (κ3) is 4.61. The summed E-state index contributed by atoms with van der Waals surface area (Å²) in [7, 11) is 3.95. The summed E-state index contributed by atoms with van der Waals surface area (Å²) < 4.78 is 0. The van der Waals surface area contributed by atoms with E-state index in [4.69, 9.17) is 16.9 Å². The summed E-state index contributed by atoms with van der Waals surface area (Å²) in [5, 5.41) is 9.99. The Labute approximate surface area is 207 Å². The number of aromatic nitrogens is 1. The molecule has 7 heteroatoms. The Morgan fingerprint density at radius 1 is 1.14 bits per heavy atom. The maximum atomic E-state index is 8.88. The third-order valence-corrected chi connectivity index (χ3v) is 7.61. The molecule has 2 saturated heterocycles. The summed E-state index contributed by atoms with van der Waals surface area (Å²) in [4.78, 5) is 12.5. The molecule has 0 radical (unpaired) electrons. The van der Waals surface area contributed by atoms with Crippen molar-refractivity contribution in [2.45, 2.75) is 19.4 Å². The highest BCUT2D eigenvalue weighted by atomic mass is 15.2. The number of nitrogen functional groups attached to an aromatic ring is 1. The molecule has 1 aromatic heterocycles. The second-order valence-corrected chi connectivity index (χ2v) is 10.2. The largest absolute Gasteiger partial charge is 0.404 e. The van der Waals surface area contributed by atoms with Crippen molar-refractivity contribution >= 4 is 34.1 Å². The van der Waals surface area contributed by atoms with Gasteiger partial charge in [-0.15, -0.1) is 0 Å². The molecule has 3 heterocycles. The lowest BCUT2D eigenvalue weighted by atomic mass is 9.86. The summed E-state index contributed by atoms with van der Waals surface area (Å²) >= 11 is 0. The second-order valence-electron chi connectivity index (χ2n) is 10.2. The SMILES string of the molecule is CN=CC(=CN)c1ccc(N)c(C(=N)c2cc3cc(CN4CCC5(CCN(C)C5)C4)ccc3[nH]2)c1. The minimum atomic E-state index is 0.360. The number of aliphatic imine (C=N–C) groups is 1. The van der Waals surface area contributed by atoms with Crippen LogP contribution in [-0.4, -0.2) is 67.0 Å². The molecule has 1 spiro atoms. The standard InChI is InChI=1S/C28H35N7/c1-32-15-22(14-29)20-4-5-24(30)23(12-20)27(31)26-13-21-11-19(3-6-25(21)33-26)16-35-10-8-28(18-35)7-9-34(2)17-28/h3-6,11-15,31,33H,7-10,16-18,29-30H2,1-2H3. The van der Waals surface area contributed by atoms with Crippen molar-refractivity contribution in [1.29, 1.82) is 5.41 Å². The van der Waals surface area contributed by atoms with E-state index in [9.17, 15) is 0 Å². The molecule has 2 aliphatic heterocycles. The third-order valence-electron chi connectivity index (χ3n) is 7.61. The number of hydrogen-bond acceptors (Lipinski definition) is 6. The molecule has 2 aromatic carbocycles. The van der Waals surface area contributed by atoms with Crippen molar-refractivity contribution in [2.75, 3.05) is 46.0 Å². The van der Waals surface area contributed by atoms with E-state index in [0.717, 1.165) is 34.3 Å². The van der Waals surface area contributed by atoms with Crippen molar-refractivity contribution in [2.24, 2.45) is 16.1 Å². The van der Waals surface area contributed by atoms with Crippen molar-refractivity contribution in [3.8, 4) is 0 Å². The summed E-state index contributed by atoms with van der Waals surface area (Å²) in [6.07, 6.45) is 5.84. The van der Waals surface area contributed by atoms with Gasteiger partial charge in [0, 0.05) is 66.8 Å². The fourth-order valence-corrected chi connectivity index (χ4v) is 5.78. The van der Waals surface area contributed by atoms with Crippen molar-refractivity contribution < 1.29 is 0 Å². The zero-order valence-corrected chi connectivity index (χ0v) is 20.6. The molecule has 1 atom stereocenters. The number of allylic oxidation sites excluding steroid dienone is 1. The van der Waals surface area contributed by atoms with Gasteiger partial charge in [0.1, 0.15) is 0 Å². The average Bonchev–Trinajstić information content (AvgIpc) is 3.55. The van der Waals surface area contributed by atoms with Gasteiger partial charge in [-0.05, 0) is 79.9 Å². The van der Waals surface area contributed by atoms with Crippen LogP contribution < -0.4 is 11.5 Å². The number of fused-ring (bicyclic) bond motifs is 1. The Balaban J connectivity index is 1.36. The first-order chi connectivity index (χ1) is 16.9. The van der Waals surface area contributed by atoms with Crippen LogP contribution in [0.5, 0.6) is 0 Å². The minimum Gasteiger partial charge on any atom is -0.404 e. The van der Waals surface area contributed by atoms with Gasteiger partial charge in [-0.25, -0.2) is 0 Å². The first-order valence-corrected chi connectivity index (χ1v) is 12.3. The Kier molecular flexibility index (Phi) is 6.21. The molecular formula is C28H35N7. The zero-order valence-electron chi connectivity index (χ0n) is 20.6. The molecule has 35 heavy (non-hydrogen) atoms. The summed E-state index contributed by atoms with van der Waals surface area (Å²) in [6.45, 7) is 5.79. The lowest BCUT2D eigenvalue weighted by Crippen LogP contribution is -2.29. The van der Waals surface area contributed by atoms with Crippen molar-refractivity contribution in [3.05, 3.63) is 71.0 Å². The van der Waals surface area contributed by atoms with Crippen LogP contribution in [0.3, 0.4) is 0 Å². The van der Waals surface area contributed by atoms with Gasteiger partial charge in [-0.2, -0.15) is 0 Å². The molecule has 7 nitrogen and oxygen atoms in total. The Hall–Kier alpha value is -3.42. The van der Waals surface area contributed by atoms with E-state index in [1.807, 2.05) is 18.2 Å². The van der Waals surface area contributed by atoms with E-state index in [1.54, 1.807) is 13.3 Å². The molecule has 0 amide bonds. The molecule has 2 aliphatic rings. The lowest BCUT2D eigenvalue weighted by molar-refractivity contribution is 0.250. The molecule has 0 saturated carbocycles. The monoisotopic (exact) mass is 469 g/mol. The van der Waals surface area contributed by atoms with Gasteiger partial charge in [0.2, 0.25) is 0 Å². The van der Waals surface area contributed by atoms with Gasteiger partial charge in [0.15, 0.2) is 0 Å². The number of anilines is 1. The van der Waals surface area contributed by atoms with Crippen LogP contribution in [0.25, 0.3) is 16.5 Å². The minimum absolute atomic E-state index is 0.360. The summed E-state index contributed by atoms with van der Waals surface area (Å²) in [6, 6.07) is 14.3. The number of nitrogens with zero attached hydrogens (tertiary/aromatic N) is 3. The molecule has 5 rings (SSSR count). The maximum Gasteiger partial charge on any atom is 0.0868 e. The number of nitrogens with two attached hydrogens (primary N) is 2. The van der Waals surface area contributed by atoms with E-state index in [-0.39, 0.29) is 0 Å². The molecule has 2 fully saturated rings. The highest BCUT2D eigenvalue weighted by Gasteiger charge is 2.42. The summed E-state index contributed by atoms with van der Waals surface area (Å²) in [5.41, 5.74) is 18.9. The number of aromatic amines is 1. The second kappa shape index (κ2) is 9.32. The number of nitrogens with one attached hydrogen (secondary N) is 2. The number of H-pyrrole nitrogens is 1. The summed E-state index contributed by atoms with van der Waals surface area (Å²) in [5.74, 6) is 0. The molecular weight excluding hydrogens is 434 g/mol. The quantitative estimate of drug-likeness (QED) is 0.326. The van der Waals surface area contributed by atoms with E-state index in [0.29, 0.717) is 22.4 Å². The smallest absolute Gasteiger partial charge is 0.0868 e. The number of likely N-dealkylation sites (tertiary alicyclic amines) is 2. The van der Waals surface area contributed by atoms with E-state index >= 15 is 0 Å². The Morgan fingerprint density at radius 2 is 1.97 bits per heavy atom. The predicted molar refractivity (Wildman–Crippen MR) is 146 cm³/mol. The van der Waals surface area contributed by atoms with Crippen LogP contribution in [0.15, 0.2) is 53.7 Å². The van der Waals surface area contributed by atoms with E-state index in [2.05, 4.69) is 51.1 Å². The maximum absolute atomic E-state index is 8.88. The number of hydrogen-bond donors (Lipinski definition) is 4. The van der Waals surface area contributed by atoms with Crippen LogP contribution in [-0.2, 0) is 6.54 Å². The average molecular weight is 470 g/mol. The fourth-order valence-electron chi connectivity index (χ4n) is 5.78. The van der Waals surface area contributed by atoms with Gasteiger partial charge in [0.05, 0.1) is 11.4 Å². The van der Waals surface area contributed by atoms with Gasteiger partial charge in [0.25, 0.3) is 0 Å². The fraction of sp³-hybridized carbons (Fsp3) is 0.357. The molecule has 0 bridgehead atoms. The molecule has 182 valence electrons. The number of rotatable bonds is 6. The van der Waals surface area contributed by atoms with E-state index < -0.39 is 0 Å². The zero-order chi connectivity index (χ0) is 24.6. The van der Waals surface area contributed by atoms with E-state index in [1.165, 1.54) is 50.8 Å². The van der Waals surface area contributed by atoms with Gasteiger partial charge >= 0.3 is 0 Å². The molecule has 6 N–H and O–H groups in total. The molecule has 0 aliphatic carbocycles. The first kappa shape index (κ1) is 23.3. The number of benzene rings is 2. The first-order valence-electron chi connectivity index (χ1n) is 12.3. The van der Waals surface area contributed by atoms with Crippen molar-refractivity contribution in [1.82, 2.24) is 14.8 Å². The Morgan fingerprint density at radius 3 is 2.71 bits per heavy atom. The van der Waals surface area contributed by atoms with Crippen LogP contribution in [0.4, 0.5) is 5.69 Å². The Bertz CT molecular complexity index is 1320. The van der Waals surface area contributed by atoms with Crippen molar-refractivity contribution in [3.63, 3.8) is 0 Å². The van der Waals surface area contributed by atoms with Crippen LogP contribution in [0, 0.1) is 10.8 Å². The van der Waals surface area contributed by atoms with Crippen LogP contribution in [0.1, 0.15) is 35.2 Å². The highest BCUT2D eigenvalue weighted by molar-refractivity contribution is 6.16. The van der Waals surface area contributed by atoms with Gasteiger partial charge in [-0.1, -0.05) is 12.1 Å². The molecule has 1 unspecified atom stereocenters. The molecule has 3 aromatic rings.